The Morgan fingerprint density at radius 3 is 2.79 bits per heavy atom. The van der Waals surface area contributed by atoms with Crippen LogP contribution in [0.4, 0.5) is 0 Å². The van der Waals surface area contributed by atoms with Crippen LogP contribution in [-0.4, -0.2) is 34.8 Å². The van der Waals surface area contributed by atoms with Crippen molar-refractivity contribution in [3.8, 4) is 0 Å². The third kappa shape index (κ3) is 5.65. The molecule has 0 fully saturated rings. The number of amides is 2. The fourth-order valence-electron chi connectivity index (χ4n) is 1.52. The Balaban J connectivity index is 2.64. The molecule has 0 aliphatic carbocycles. The number of aromatic nitrogens is 1. The monoisotopic (exact) mass is 281 g/mol. The number of unbranched alkanes of at least 4 members (excludes halogenated alkanes) is 1. The summed E-state index contributed by atoms with van der Waals surface area (Å²) in [5.74, 6) is -0.708. The van der Waals surface area contributed by atoms with Crippen molar-refractivity contribution in [2.75, 3.05) is 13.1 Å². The van der Waals surface area contributed by atoms with Crippen molar-refractivity contribution in [1.82, 2.24) is 9.88 Å². The predicted octanol–water partition coefficient (Wildman–Crippen LogP) is 1.58. The van der Waals surface area contributed by atoms with Crippen LogP contribution in [0, 0.1) is 6.92 Å². The van der Waals surface area contributed by atoms with Crippen molar-refractivity contribution < 1.29 is 9.59 Å². The SMILES string of the molecule is CCCCN(CC(N)=O)C(=O)C=Cc1csc(C)n1. The van der Waals surface area contributed by atoms with E-state index in [4.69, 9.17) is 5.73 Å². The van der Waals surface area contributed by atoms with Gasteiger partial charge in [0.2, 0.25) is 11.8 Å². The van der Waals surface area contributed by atoms with E-state index < -0.39 is 5.91 Å². The molecule has 2 amide bonds. The van der Waals surface area contributed by atoms with Crippen molar-refractivity contribution in [3.05, 3.63) is 22.2 Å². The maximum absolute atomic E-state index is 12.0. The van der Waals surface area contributed by atoms with Crippen molar-refractivity contribution in [2.24, 2.45) is 5.73 Å². The molecule has 0 radical (unpaired) electrons. The van der Waals surface area contributed by atoms with E-state index in [1.54, 1.807) is 6.08 Å². The molecule has 0 aliphatic rings. The molecular weight excluding hydrogens is 262 g/mol. The van der Waals surface area contributed by atoms with Gasteiger partial charge >= 0.3 is 0 Å². The van der Waals surface area contributed by atoms with Crippen molar-refractivity contribution in [1.29, 1.82) is 0 Å². The summed E-state index contributed by atoms with van der Waals surface area (Å²) in [6, 6.07) is 0. The molecule has 19 heavy (non-hydrogen) atoms. The first-order chi connectivity index (χ1) is 9.02. The van der Waals surface area contributed by atoms with Crippen molar-refractivity contribution >= 4 is 29.2 Å². The summed E-state index contributed by atoms with van der Waals surface area (Å²) in [6.45, 7) is 4.43. The van der Waals surface area contributed by atoms with E-state index in [1.807, 2.05) is 19.2 Å². The molecule has 1 aromatic rings. The first-order valence-electron chi connectivity index (χ1n) is 6.20. The van der Waals surface area contributed by atoms with Crippen LogP contribution in [0.2, 0.25) is 0 Å². The standard InChI is InChI=1S/C13H19N3O2S/c1-3-4-7-16(8-12(14)17)13(18)6-5-11-9-19-10(2)15-11/h5-6,9H,3-4,7-8H2,1-2H3,(H2,14,17). The van der Waals surface area contributed by atoms with Crippen LogP contribution in [0.5, 0.6) is 0 Å². The molecule has 0 bridgehead atoms. The summed E-state index contributed by atoms with van der Waals surface area (Å²) in [5, 5.41) is 2.83. The third-order valence-electron chi connectivity index (χ3n) is 2.47. The lowest BCUT2D eigenvalue weighted by atomic mass is 10.3. The average molecular weight is 281 g/mol. The van der Waals surface area contributed by atoms with Gasteiger partial charge in [-0.05, 0) is 19.4 Å². The lowest BCUT2D eigenvalue weighted by Gasteiger charge is -2.18. The molecule has 0 unspecified atom stereocenters. The van der Waals surface area contributed by atoms with Gasteiger partial charge < -0.3 is 10.6 Å². The fraction of sp³-hybridized carbons (Fsp3) is 0.462. The summed E-state index contributed by atoms with van der Waals surface area (Å²) in [4.78, 5) is 28.6. The van der Waals surface area contributed by atoms with E-state index in [0.717, 1.165) is 23.5 Å². The van der Waals surface area contributed by atoms with Gasteiger partial charge in [-0.15, -0.1) is 11.3 Å². The van der Waals surface area contributed by atoms with Gasteiger partial charge in [0.15, 0.2) is 0 Å². The number of carbonyl (C=O) groups excluding carboxylic acids is 2. The summed E-state index contributed by atoms with van der Waals surface area (Å²) >= 11 is 1.53. The minimum absolute atomic E-state index is 0.0424. The number of hydrogen-bond acceptors (Lipinski definition) is 4. The molecule has 6 heteroatoms. The molecule has 0 saturated carbocycles. The second-order valence-corrected chi connectivity index (χ2v) is 5.27. The Kier molecular flexibility index (Phi) is 6.21. The number of thiazole rings is 1. The second kappa shape index (κ2) is 7.68. The summed E-state index contributed by atoms with van der Waals surface area (Å²) in [7, 11) is 0. The van der Waals surface area contributed by atoms with E-state index in [1.165, 1.54) is 22.3 Å². The van der Waals surface area contributed by atoms with Gasteiger partial charge in [0, 0.05) is 18.0 Å². The highest BCUT2D eigenvalue weighted by Gasteiger charge is 2.12. The molecule has 0 atom stereocenters. The Labute approximate surface area is 117 Å². The van der Waals surface area contributed by atoms with Gasteiger partial charge in [0.05, 0.1) is 17.2 Å². The summed E-state index contributed by atoms with van der Waals surface area (Å²) < 4.78 is 0. The molecule has 0 saturated heterocycles. The van der Waals surface area contributed by atoms with Gasteiger partial charge in [0.25, 0.3) is 0 Å². The van der Waals surface area contributed by atoms with Crippen LogP contribution >= 0.6 is 11.3 Å². The molecule has 2 N–H and O–H groups in total. The molecule has 0 aromatic carbocycles. The van der Waals surface area contributed by atoms with Crippen LogP contribution in [0.25, 0.3) is 6.08 Å². The number of rotatable bonds is 7. The molecule has 5 nitrogen and oxygen atoms in total. The molecule has 104 valence electrons. The Bertz CT molecular complexity index is 468. The molecule has 0 aliphatic heterocycles. The van der Waals surface area contributed by atoms with Gasteiger partial charge in [-0.3, -0.25) is 9.59 Å². The minimum atomic E-state index is -0.498. The fourth-order valence-corrected chi connectivity index (χ4v) is 2.10. The van der Waals surface area contributed by atoms with Gasteiger partial charge in [-0.2, -0.15) is 0 Å². The topological polar surface area (TPSA) is 76.3 Å². The van der Waals surface area contributed by atoms with Gasteiger partial charge in [-0.1, -0.05) is 13.3 Å². The first-order valence-corrected chi connectivity index (χ1v) is 7.08. The zero-order chi connectivity index (χ0) is 14.3. The van der Waals surface area contributed by atoms with Crippen LogP contribution in [-0.2, 0) is 9.59 Å². The number of aryl methyl sites for hydroxylation is 1. The van der Waals surface area contributed by atoms with Crippen LogP contribution in [0.15, 0.2) is 11.5 Å². The second-order valence-electron chi connectivity index (χ2n) is 4.20. The highest BCUT2D eigenvalue weighted by Crippen LogP contribution is 2.09. The zero-order valence-electron chi connectivity index (χ0n) is 11.3. The molecular formula is C13H19N3O2S. The number of carbonyl (C=O) groups is 2. The van der Waals surface area contributed by atoms with Gasteiger partial charge in [0.1, 0.15) is 0 Å². The minimum Gasteiger partial charge on any atom is -0.368 e. The van der Waals surface area contributed by atoms with E-state index in [9.17, 15) is 9.59 Å². The van der Waals surface area contributed by atoms with E-state index in [-0.39, 0.29) is 12.5 Å². The van der Waals surface area contributed by atoms with E-state index in [0.29, 0.717) is 6.54 Å². The van der Waals surface area contributed by atoms with Crippen molar-refractivity contribution in [2.45, 2.75) is 26.7 Å². The molecule has 1 rings (SSSR count). The average Bonchev–Trinajstić information content (AvgIpc) is 2.77. The summed E-state index contributed by atoms with van der Waals surface area (Å²) in [5.41, 5.74) is 5.90. The lowest BCUT2D eigenvalue weighted by Crippen LogP contribution is -2.38. The number of nitrogens with zero attached hydrogens (tertiary/aromatic N) is 2. The predicted molar refractivity (Wildman–Crippen MR) is 76.6 cm³/mol. The van der Waals surface area contributed by atoms with Crippen LogP contribution in [0.3, 0.4) is 0 Å². The highest BCUT2D eigenvalue weighted by molar-refractivity contribution is 7.09. The Morgan fingerprint density at radius 2 is 2.26 bits per heavy atom. The normalized spacial score (nSPS) is 10.8. The highest BCUT2D eigenvalue weighted by atomic mass is 32.1. The van der Waals surface area contributed by atoms with Crippen LogP contribution in [0.1, 0.15) is 30.5 Å². The lowest BCUT2D eigenvalue weighted by molar-refractivity contribution is -0.131. The Morgan fingerprint density at radius 1 is 1.53 bits per heavy atom. The maximum Gasteiger partial charge on any atom is 0.247 e. The van der Waals surface area contributed by atoms with E-state index >= 15 is 0 Å². The number of hydrogen-bond donors (Lipinski definition) is 1. The maximum atomic E-state index is 12.0. The molecule has 0 spiro atoms. The number of nitrogens with two attached hydrogens (primary N) is 1. The van der Waals surface area contributed by atoms with Crippen molar-refractivity contribution in [3.63, 3.8) is 0 Å². The van der Waals surface area contributed by atoms with E-state index in [2.05, 4.69) is 4.98 Å². The quantitative estimate of drug-likeness (QED) is 0.771. The van der Waals surface area contributed by atoms with Gasteiger partial charge in [-0.25, -0.2) is 4.98 Å². The zero-order valence-corrected chi connectivity index (χ0v) is 12.1. The Hall–Kier alpha value is -1.69. The van der Waals surface area contributed by atoms with Crippen LogP contribution < -0.4 is 5.73 Å². The smallest absolute Gasteiger partial charge is 0.247 e. The summed E-state index contributed by atoms with van der Waals surface area (Å²) in [6.07, 6.45) is 4.90. The first kappa shape index (κ1) is 15.4. The largest absolute Gasteiger partial charge is 0.368 e. The molecule has 1 heterocycles. The third-order valence-corrected chi connectivity index (χ3v) is 3.27. The molecule has 1 aromatic heterocycles. The number of primary amides is 1.